The Balaban J connectivity index is 1.83. The van der Waals surface area contributed by atoms with Gasteiger partial charge in [-0.05, 0) is 52.4 Å². The van der Waals surface area contributed by atoms with Gasteiger partial charge in [0.25, 0.3) is 0 Å². The molecule has 0 radical (unpaired) electrons. The molecule has 0 aliphatic carbocycles. The van der Waals surface area contributed by atoms with Crippen LogP contribution in [0.2, 0.25) is 0 Å². The highest BCUT2D eigenvalue weighted by Gasteiger charge is 2.17. The van der Waals surface area contributed by atoms with E-state index in [0.29, 0.717) is 10.9 Å². The smallest absolute Gasteiger partial charge is 0.166 e. The molecule has 0 nitrogen and oxygen atoms in total. The first-order valence-electron chi connectivity index (χ1n) is 8.68. The van der Waals surface area contributed by atoms with E-state index in [2.05, 4.69) is 6.58 Å². The minimum atomic E-state index is -1.02. The molecular weight excluding hydrogens is 383 g/mol. The van der Waals surface area contributed by atoms with E-state index in [9.17, 15) is 22.0 Å². The number of fused-ring (bicyclic) bond motifs is 1. The summed E-state index contributed by atoms with van der Waals surface area (Å²) in [7, 11) is 0. The van der Waals surface area contributed by atoms with Gasteiger partial charge in [0.05, 0.1) is 5.56 Å². The molecule has 0 spiro atoms. The van der Waals surface area contributed by atoms with Crippen LogP contribution in [-0.4, -0.2) is 0 Å². The van der Waals surface area contributed by atoms with Crippen molar-refractivity contribution in [3.63, 3.8) is 0 Å². The van der Waals surface area contributed by atoms with E-state index in [1.54, 1.807) is 6.07 Å². The highest BCUT2D eigenvalue weighted by molar-refractivity contribution is 5.88. The van der Waals surface area contributed by atoms with Crippen molar-refractivity contribution in [2.45, 2.75) is 0 Å². The highest BCUT2D eigenvalue weighted by atomic mass is 19.2. The predicted molar refractivity (Wildman–Crippen MR) is 105 cm³/mol. The van der Waals surface area contributed by atoms with Crippen molar-refractivity contribution in [1.82, 2.24) is 0 Å². The van der Waals surface area contributed by atoms with E-state index in [0.717, 1.165) is 18.2 Å². The van der Waals surface area contributed by atoms with E-state index < -0.39 is 29.1 Å². The largest absolute Gasteiger partial charge is 0.206 e. The van der Waals surface area contributed by atoms with E-state index in [1.807, 2.05) is 0 Å². The predicted octanol–water partition coefficient (Wildman–Crippen LogP) is 7.51. The number of rotatable bonds is 3. The molecule has 0 heterocycles. The highest BCUT2D eigenvalue weighted by Crippen LogP contribution is 2.34. The second-order valence-corrected chi connectivity index (χ2v) is 6.56. The van der Waals surface area contributed by atoms with Crippen LogP contribution in [0.4, 0.5) is 22.0 Å². The van der Waals surface area contributed by atoms with Crippen molar-refractivity contribution in [2.24, 2.45) is 0 Å². The summed E-state index contributed by atoms with van der Waals surface area (Å²) >= 11 is 0. The minimum absolute atomic E-state index is 0.00978. The third-order valence-corrected chi connectivity index (χ3v) is 4.78. The molecule has 4 aromatic carbocycles. The molecule has 0 bridgehead atoms. The number of hydrogen-bond acceptors (Lipinski definition) is 0. The molecule has 0 aromatic heterocycles. The van der Waals surface area contributed by atoms with E-state index >= 15 is 0 Å². The van der Waals surface area contributed by atoms with Crippen molar-refractivity contribution in [2.75, 3.05) is 0 Å². The lowest BCUT2D eigenvalue weighted by molar-refractivity contribution is 0.517. The standard InChI is InChI=1S/C24H13F5/c1-2-13-3-6-17(20(26)9-13)16-11-21(27)23(22(28)12-16)15-4-7-18-14(10-15)5-8-19(25)24(18)29/h2-12H,1H2. The van der Waals surface area contributed by atoms with Crippen LogP contribution >= 0.6 is 0 Å². The molecule has 0 saturated heterocycles. The fourth-order valence-corrected chi connectivity index (χ4v) is 3.32. The van der Waals surface area contributed by atoms with Crippen molar-refractivity contribution in [1.29, 1.82) is 0 Å². The third kappa shape index (κ3) is 3.29. The Morgan fingerprint density at radius 2 is 1.34 bits per heavy atom. The van der Waals surface area contributed by atoms with Crippen LogP contribution in [0.3, 0.4) is 0 Å². The molecule has 144 valence electrons. The van der Waals surface area contributed by atoms with Crippen LogP contribution in [0.15, 0.2) is 67.2 Å². The molecule has 0 aliphatic heterocycles. The normalized spacial score (nSPS) is 11.1. The zero-order valence-corrected chi connectivity index (χ0v) is 14.9. The molecule has 0 atom stereocenters. The van der Waals surface area contributed by atoms with Gasteiger partial charge in [0, 0.05) is 10.9 Å². The summed E-state index contributed by atoms with van der Waals surface area (Å²) in [5.41, 5.74) is 0.474. The Hall–Kier alpha value is -3.47. The van der Waals surface area contributed by atoms with Crippen LogP contribution < -0.4 is 0 Å². The lowest BCUT2D eigenvalue weighted by Gasteiger charge is -2.11. The minimum Gasteiger partial charge on any atom is -0.206 e. The Labute approximate surface area is 163 Å². The average molecular weight is 396 g/mol. The maximum atomic E-state index is 14.8. The second kappa shape index (κ2) is 7.17. The quantitative estimate of drug-likeness (QED) is 0.314. The number of halogens is 5. The zero-order chi connectivity index (χ0) is 20.7. The zero-order valence-electron chi connectivity index (χ0n) is 14.9. The lowest BCUT2D eigenvalue weighted by Crippen LogP contribution is -1.95. The Kier molecular flexibility index (Phi) is 4.66. The molecule has 5 heteroatoms. The summed E-state index contributed by atoms with van der Waals surface area (Å²) in [6.45, 7) is 3.55. The lowest BCUT2D eigenvalue weighted by atomic mass is 9.96. The Bertz CT molecular complexity index is 1250. The average Bonchev–Trinajstić information content (AvgIpc) is 2.70. The topological polar surface area (TPSA) is 0 Å². The van der Waals surface area contributed by atoms with Gasteiger partial charge in [0.2, 0.25) is 0 Å². The molecule has 0 N–H and O–H groups in total. The van der Waals surface area contributed by atoms with Crippen molar-refractivity contribution >= 4 is 16.8 Å². The molecule has 0 fully saturated rings. The summed E-state index contributed by atoms with van der Waals surface area (Å²) in [6, 6.07) is 12.6. The fraction of sp³-hybridized carbons (Fsp3) is 0. The fourth-order valence-electron chi connectivity index (χ4n) is 3.32. The third-order valence-electron chi connectivity index (χ3n) is 4.78. The summed E-state index contributed by atoms with van der Waals surface area (Å²) in [5, 5.41) is 0.311. The number of benzene rings is 4. The van der Waals surface area contributed by atoms with Gasteiger partial charge in [-0.2, -0.15) is 0 Å². The van der Waals surface area contributed by atoms with Crippen molar-refractivity contribution in [3.05, 3.63) is 102 Å². The first kappa shape index (κ1) is 18.9. The maximum Gasteiger partial charge on any atom is 0.166 e. The summed E-state index contributed by atoms with van der Waals surface area (Å²) in [5.74, 6) is -4.44. The summed E-state index contributed by atoms with van der Waals surface area (Å²) in [4.78, 5) is 0. The van der Waals surface area contributed by atoms with Crippen molar-refractivity contribution in [3.8, 4) is 22.3 Å². The molecule has 0 saturated carbocycles. The monoisotopic (exact) mass is 396 g/mol. The Morgan fingerprint density at radius 1 is 0.621 bits per heavy atom. The van der Waals surface area contributed by atoms with Gasteiger partial charge in [0.15, 0.2) is 11.6 Å². The van der Waals surface area contributed by atoms with Gasteiger partial charge in [-0.1, -0.05) is 43.0 Å². The summed E-state index contributed by atoms with van der Waals surface area (Å²) in [6.07, 6.45) is 1.46. The SMILES string of the molecule is C=Cc1ccc(-c2cc(F)c(-c3ccc4c(F)c(F)ccc4c3)c(F)c2)c(F)c1. The van der Waals surface area contributed by atoms with Crippen LogP contribution in [-0.2, 0) is 0 Å². The van der Waals surface area contributed by atoms with Gasteiger partial charge in [-0.25, -0.2) is 22.0 Å². The summed E-state index contributed by atoms with van der Waals surface area (Å²) < 4.78 is 71.1. The van der Waals surface area contributed by atoms with Crippen LogP contribution in [0, 0.1) is 29.1 Å². The van der Waals surface area contributed by atoms with Crippen LogP contribution in [0.25, 0.3) is 39.1 Å². The molecule has 29 heavy (non-hydrogen) atoms. The molecular formula is C24H13F5. The number of hydrogen-bond donors (Lipinski definition) is 0. The molecule has 0 unspecified atom stereocenters. The molecule has 4 aromatic rings. The van der Waals surface area contributed by atoms with Gasteiger partial charge in [-0.3, -0.25) is 0 Å². The van der Waals surface area contributed by atoms with Crippen LogP contribution in [0.1, 0.15) is 5.56 Å². The molecule has 4 rings (SSSR count). The van der Waals surface area contributed by atoms with E-state index in [-0.39, 0.29) is 27.6 Å². The van der Waals surface area contributed by atoms with Gasteiger partial charge in [0.1, 0.15) is 17.5 Å². The van der Waals surface area contributed by atoms with Gasteiger partial charge in [-0.15, -0.1) is 0 Å². The van der Waals surface area contributed by atoms with E-state index in [1.165, 1.54) is 42.5 Å². The van der Waals surface area contributed by atoms with Crippen LogP contribution in [0.5, 0.6) is 0 Å². The van der Waals surface area contributed by atoms with Gasteiger partial charge >= 0.3 is 0 Å². The molecule has 0 aliphatic rings. The van der Waals surface area contributed by atoms with Crippen molar-refractivity contribution < 1.29 is 22.0 Å². The first-order valence-corrected chi connectivity index (χ1v) is 8.68. The second-order valence-electron chi connectivity index (χ2n) is 6.56. The van der Waals surface area contributed by atoms with Gasteiger partial charge < -0.3 is 0 Å². The van der Waals surface area contributed by atoms with E-state index in [4.69, 9.17) is 0 Å². The maximum absolute atomic E-state index is 14.8. The first-order chi connectivity index (χ1) is 13.9. The molecule has 0 amide bonds. The Morgan fingerprint density at radius 3 is 2.00 bits per heavy atom.